The third kappa shape index (κ3) is 4.52. The molecule has 0 bridgehead atoms. The lowest BCUT2D eigenvalue weighted by molar-refractivity contribution is 0.0523. The molecule has 0 saturated carbocycles. The highest BCUT2D eigenvalue weighted by Crippen LogP contribution is 2.15. The molecule has 1 heterocycles. The molecular formula is C11H16N2O3S. The summed E-state index contributed by atoms with van der Waals surface area (Å²) in [5, 5.41) is 3.28. The highest BCUT2D eigenvalue weighted by atomic mass is 32.1. The number of nitrogens with zero attached hydrogens (tertiary/aromatic N) is 1. The van der Waals surface area contributed by atoms with Gasteiger partial charge in [-0.2, -0.15) is 0 Å². The van der Waals surface area contributed by atoms with Crippen molar-refractivity contribution in [2.75, 3.05) is 0 Å². The topological polar surface area (TPSA) is 68.3 Å². The van der Waals surface area contributed by atoms with E-state index in [-0.39, 0.29) is 6.54 Å². The quantitative estimate of drug-likeness (QED) is 0.842. The average molecular weight is 256 g/mol. The standard InChI is InChI=1S/C11H16N2O3S/c1-7-8(6-14)17-9(13-7)5-12-10(15)16-11(2,3)4/h6H,5H2,1-4H3,(H,12,15). The normalized spacial score (nSPS) is 11.1. The van der Waals surface area contributed by atoms with Crippen LogP contribution in [0.5, 0.6) is 0 Å². The van der Waals surface area contributed by atoms with Crippen molar-refractivity contribution in [1.29, 1.82) is 0 Å². The second kappa shape index (κ2) is 5.27. The van der Waals surface area contributed by atoms with Crippen molar-refractivity contribution in [1.82, 2.24) is 10.3 Å². The molecule has 0 atom stereocenters. The number of carbonyl (C=O) groups excluding carboxylic acids is 2. The fraction of sp³-hybridized carbons (Fsp3) is 0.545. The molecule has 0 saturated heterocycles. The van der Waals surface area contributed by atoms with Crippen molar-refractivity contribution in [3.05, 3.63) is 15.6 Å². The number of carbonyl (C=O) groups is 2. The minimum atomic E-state index is -0.517. The summed E-state index contributed by atoms with van der Waals surface area (Å²) in [6.07, 6.45) is 0.280. The fourth-order valence-corrected chi connectivity index (χ4v) is 1.93. The molecular weight excluding hydrogens is 240 g/mol. The summed E-state index contributed by atoms with van der Waals surface area (Å²) in [6, 6.07) is 0. The van der Waals surface area contributed by atoms with Crippen LogP contribution in [0.25, 0.3) is 0 Å². The number of ether oxygens (including phenoxy) is 1. The number of aryl methyl sites for hydroxylation is 1. The predicted octanol–water partition coefficient (Wildman–Crippen LogP) is 2.29. The van der Waals surface area contributed by atoms with Crippen LogP contribution in [0.15, 0.2) is 0 Å². The van der Waals surface area contributed by atoms with Gasteiger partial charge < -0.3 is 10.1 Å². The van der Waals surface area contributed by atoms with E-state index < -0.39 is 11.7 Å². The van der Waals surface area contributed by atoms with Gasteiger partial charge in [-0.15, -0.1) is 11.3 Å². The first-order chi connectivity index (χ1) is 7.81. The Balaban J connectivity index is 2.50. The summed E-state index contributed by atoms with van der Waals surface area (Å²) in [4.78, 5) is 26.7. The minimum absolute atomic E-state index is 0.272. The van der Waals surface area contributed by atoms with E-state index in [0.717, 1.165) is 6.29 Å². The van der Waals surface area contributed by atoms with Crippen LogP contribution in [0.2, 0.25) is 0 Å². The van der Waals surface area contributed by atoms with Crippen molar-refractivity contribution in [2.45, 2.75) is 39.8 Å². The highest BCUT2D eigenvalue weighted by molar-refractivity contribution is 7.13. The first-order valence-electron chi connectivity index (χ1n) is 5.20. The number of rotatable bonds is 3. The molecule has 0 radical (unpaired) electrons. The summed E-state index contributed by atoms with van der Waals surface area (Å²) in [5.74, 6) is 0. The Kier molecular flexibility index (Phi) is 4.22. The maximum Gasteiger partial charge on any atom is 0.408 e. The lowest BCUT2D eigenvalue weighted by atomic mass is 10.2. The molecule has 6 heteroatoms. The zero-order valence-corrected chi connectivity index (χ0v) is 11.2. The largest absolute Gasteiger partial charge is 0.444 e. The molecule has 0 fully saturated rings. The number of thiazole rings is 1. The van der Waals surface area contributed by atoms with Crippen LogP contribution < -0.4 is 5.32 Å². The molecule has 94 valence electrons. The number of aromatic nitrogens is 1. The second-order valence-electron chi connectivity index (χ2n) is 4.53. The Labute approximate surface area is 104 Å². The lowest BCUT2D eigenvalue weighted by Crippen LogP contribution is -2.32. The molecule has 0 aliphatic carbocycles. The van der Waals surface area contributed by atoms with Crippen LogP contribution >= 0.6 is 11.3 Å². The SMILES string of the molecule is Cc1nc(CNC(=O)OC(C)(C)C)sc1C=O. The number of nitrogens with one attached hydrogen (secondary N) is 1. The van der Waals surface area contributed by atoms with Gasteiger partial charge in [0.15, 0.2) is 6.29 Å². The predicted molar refractivity (Wildman–Crippen MR) is 65.3 cm³/mol. The van der Waals surface area contributed by atoms with Crippen LogP contribution in [-0.4, -0.2) is 23.0 Å². The number of hydrogen-bond donors (Lipinski definition) is 1. The fourth-order valence-electron chi connectivity index (χ4n) is 1.11. The van der Waals surface area contributed by atoms with E-state index in [1.807, 2.05) is 0 Å². The molecule has 0 unspecified atom stereocenters. The summed E-state index contributed by atoms with van der Waals surface area (Å²) in [7, 11) is 0. The molecule has 1 aromatic rings. The van der Waals surface area contributed by atoms with Crippen LogP contribution in [-0.2, 0) is 11.3 Å². The molecule has 1 N–H and O–H groups in total. The van der Waals surface area contributed by atoms with Crippen LogP contribution in [0.4, 0.5) is 4.79 Å². The number of amides is 1. The monoisotopic (exact) mass is 256 g/mol. The van der Waals surface area contributed by atoms with Gasteiger partial charge >= 0.3 is 6.09 Å². The summed E-state index contributed by atoms with van der Waals surface area (Å²) in [5.41, 5.74) is 0.169. The molecule has 0 aliphatic rings. The van der Waals surface area contributed by atoms with E-state index in [0.29, 0.717) is 15.6 Å². The van der Waals surface area contributed by atoms with Gasteiger partial charge in [-0.25, -0.2) is 9.78 Å². The van der Waals surface area contributed by atoms with E-state index >= 15 is 0 Å². The van der Waals surface area contributed by atoms with E-state index in [9.17, 15) is 9.59 Å². The van der Waals surface area contributed by atoms with Crippen LogP contribution in [0.3, 0.4) is 0 Å². The van der Waals surface area contributed by atoms with Gasteiger partial charge in [-0.1, -0.05) is 0 Å². The summed E-state index contributed by atoms with van der Waals surface area (Å²) in [6.45, 7) is 7.42. The van der Waals surface area contributed by atoms with Gasteiger partial charge in [0.05, 0.1) is 17.1 Å². The molecule has 1 amide bonds. The molecule has 1 rings (SSSR count). The van der Waals surface area contributed by atoms with E-state index in [4.69, 9.17) is 4.74 Å². The average Bonchev–Trinajstić information content (AvgIpc) is 2.53. The van der Waals surface area contributed by atoms with Gasteiger partial charge in [-0.3, -0.25) is 4.79 Å². The van der Waals surface area contributed by atoms with Crippen molar-refractivity contribution in [2.24, 2.45) is 0 Å². The summed E-state index contributed by atoms with van der Waals surface area (Å²) >= 11 is 1.27. The Hall–Kier alpha value is -1.43. The van der Waals surface area contributed by atoms with Crippen molar-refractivity contribution in [3.8, 4) is 0 Å². The molecule has 0 aromatic carbocycles. The summed E-state index contributed by atoms with van der Waals surface area (Å²) < 4.78 is 5.08. The van der Waals surface area contributed by atoms with Gasteiger partial charge in [0.1, 0.15) is 10.6 Å². The molecule has 0 aliphatic heterocycles. The highest BCUT2D eigenvalue weighted by Gasteiger charge is 2.16. The third-order valence-corrected chi connectivity index (χ3v) is 2.85. The van der Waals surface area contributed by atoms with Gasteiger partial charge in [0, 0.05) is 0 Å². The lowest BCUT2D eigenvalue weighted by Gasteiger charge is -2.19. The third-order valence-electron chi connectivity index (χ3n) is 1.77. The molecule has 1 aromatic heterocycles. The maximum atomic E-state index is 11.4. The Bertz CT molecular complexity index is 421. The second-order valence-corrected chi connectivity index (χ2v) is 5.65. The smallest absolute Gasteiger partial charge is 0.408 e. The molecule has 5 nitrogen and oxygen atoms in total. The van der Waals surface area contributed by atoms with Gasteiger partial charge in [0.2, 0.25) is 0 Å². The van der Waals surface area contributed by atoms with Crippen molar-refractivity contribution in [3.63, 3.8) is 0 Å². The van der Waals surface area contributed by atoms with E-state index in [2.05, 4.69) is 10.3 Å². The van der Waals surface area contributed by atoms with E-state index in [1.54, 1.807) is 27.7 Å². The minimum Gasteiger partial charge on any atom is -0.444 e. The number of hydrogen-bond acceptors (Lipinski definition) is 5. The Morgan fingerprint density at radius 1 is 1.53 bits per heavy atom. The molecule has 17 heavy (non-hydrogen) atoms. The Morgan fingerprint density at radius 2 is 2.18 bits per heavy atom. The van der Waals surface area contributed by atoms with Crippen LogP contribution in [0.1, 0.15) is 41.1 Å². The van der Waals surface area contributed by atoms with E-state index in [1.165, 1.54) is 11.3 Å². The zero-order chi connectivity index (χ0) is 13.1. The van der Waals surface area contributed by atoms with Crippen molar-refractivity contribution >= 4 is 23.7 Å². The zero-order valence-electron chi connectivity index (χ0n) is 10.4. The van der Waals surface area contributed by atoms with Crippen molar-refractivity contribution < 1.29 is 14.3 Å². The van der Waals surface area contributed by atoms with Crippen LogP contribution in [0, 0.1) is 6.92 Å². The maximum absolute atomic E-state index is 11.4. The number of alkyl carbamates (subject to hydrolysis) is 1. The molecule has 0 spiro atoms. The number of aldehydes is 1. The first-order valence-corrected chi connectivity index (χ1v) is 6.02. The Morgan fingerprint density at radius 3 is 2.65 bits per heavy atom. The van der Waals surface area contributed by atoms with Gasteiger partial charge in [0.25, 0.3) is 0 Å². The first kappa shape index (κ1) is 13.6. The van der Waals surface area contributed by atoms with Gasteiger partial charge in [-0.05, 0) is 27.7 Å².